The van der Waals surface area contributed by atoms with Gasteiger partial charge >= 0.3 is 0 Å². The molecule has 3 heteroatoms. The highest BCUT2D eigenvalue weighted by Gasteiger charge is 2.59. The molecule has 0 aromatic carbocycles. The lowest BCUT2D eigenvalue weighted by Gasteiger charge is -2.29. The van der Waals surface area contributed by atoms with Gasteiger partial charge in [-0.25, -0.2) is 0 Å². The standard InChI is InChI=1S/C9H12O3/c1-8(2)6(11)5(10)7(12)9(8,3)4/h1-4H3. The minimum atomic E-state index is -0.846. The smallest absolute Gasteiger partial charge is 0.265 e. The van der Waals surface area contributed by atoms with E-state index >= 15 is 0 Å². The summed E-state index contributed by atoms with van der Waals surface area (Å²) in [5, 5.41) is 0. The molecule has 0 spiro atoms. The Morgan fingerprint density at radius 3 is 1.08 bits per heavy atom. The average Bonchev–Trinajstić information content (AvgIpc) is 2.05. The van der Waals surface area contributed by atoms with E-state index in [0.717, 1.165) is 0 Å². The molecule has 1 fully saturated rings. The molecule has 0 bridgehead atoms. The van der Waals surface area contributed by atoms with Gasteiger partial charge in [-0.2, -0.15) is 0 Å². The second-order valence-electron chi connectivity index (χ2n) is 4.24. The third kappa shape index (κ3) is 0.737. The topological polar surface area (TPSA) is 51.2 Å². The zero-order chi connectivity index (χ0) is 9.73. The molecule has 0 amide bonds. The zero-order valence-electron chi connectivity index (χ0n) is 7.72. The molecule has 1 saturated carbocycles. The van der Waals surface area contributed by atoms with E-state index in [1.165, 1.54) is 0 Å². The fourth-order valence-corrected chi connectivity index (χ4v) is 1.24. The van der Waals surface area contributed by atoms with Gasteiger partial charge in [0, 0.05) is 10.8 Å². The second kappa shape index (κ2) is 2.03. The predicted molar refractivity (Wildman–Crippen MR) is 42.6 cm³/mol. The van der Waals surface area contributed by atoms with Crippen molar-refractivity contribution in [2.45, 2.75) is 27.7 Å². The normalized spacial score (nSPS) is 26.5. The highest BCUT2D eigenvalue weighted by Crippen LogP contribution is 2.45. The molecule has 0 unspecified atom stereocenters. The minimum Gasteiger partial charge on any atom is -0.290 e. The maximum atomic E-state index is 11.3. The number of carbonyl (C=O) groups is 3. The quantitative estimate of drug-likeness (QED) is 0.502. The third-order valence-corrected chi connectivity index (χ3v) is 3.11. The first kappa shape index (κ1) is 9.10. The lowest BCUT2D eigenvalue weighted by Crippen LogP contribution is -2.35. The molecule has 0 atom stereocenters. The van der Waals surface area contributed by atoms with E-state index in [4.69, 9.17) is 0 Å². The van der Waals surface area contributed by atoms with Gasteiger partial charge < -0.3 is 0 Å². The first-order chi connectivity index (χ1) is 5.23. The van der Waals surface area contributed by atoms with Crippen molar-refractivity contribution in [3.8, 4) is 0 Å². The minimum absolute atomic E-state index is 0.558. The molecule has 0 N–H and O–H groups in total. The summed E-state index contributed by atoms with van der Waals surface area (Å²) in [7, 11) is 0. The molecule has 0 saturated heterocycles. The molecule has 3 nitrogen and oxygen atoms in total. The van der Waals surface area contributed by atoms with Crippen LogP contribution >= 0.6 is 0 Å². The Morgan fingerprint density at radius 2 is 1.00 bits per heavy atom. The van der Waals surface area contributed by atoms with Crippen LogP contribution in [0.15, 0.2) is 0 Å². The number of rotatable bonds is 0. The Labute approximate surface area is 71.1 Å². The largest absolute Gasteiger partial charge is 0.290 e. The Kier molecular flexibility index (Phi) is 1.54. The van der Waals surface area contributed by atoms with Gasteiger partial charge in [-0.1, -0.05) is 27.7 Å². The Balaban J connectivity index is 3.33. The van der Waals surface area contributed by atoms with Gasteiger partial charge in [-0.05, 0) is 0 Å². The predicted octanol–water partition coefficient (Wildman–Crippen LogP) is 0.760. The number of Topliss-reactive ketones (excluding diaryl/α,β-unsaturated/α-hetero) is 3. The molecule has 66 valence electrons. The van der Waals surface area contributed by atoms with Crippen LogP contribution in [0.5, 0.6) is 0 Å². The van der Waals surface area contributed by atoms with Crippen molar-refractivity contribution in [1.29, 1.82) is 0 Å². The van der Waals surface area contributed by atoms with Crippen LogP contribution in [0, 0.1) is 10.8 Å². The molecule has 1 rings (SSSR count). The highest BCUT2D eigenvalue weighted by atomic mass is 16.2. The van der Waals surface area contributed by atoms with Crippen molar-refractivity contribution >= 4 is 17.3 Å². The number of hydrogen-bond acceptors (Lipinski definition) is 3. The summed E-state index contributed by atoms with van der Waals surface area (Å²) in [4.78, 5) is 33.6. The van der Waals surface area contributed by atoms with Crippen molar-refractivity contribution < 1.29 is 14.4 Å². The molecule has 0 aromatic rings. The summed E-state index contributed by atoms with van der Waals surface area (Å²) >= 11 is 0. The van der Waals surface area contributed by atoms with E-state index in [0.29, 0.717) is 0 Å². The summed E-state index contributed by atoms with van der Waals surface area (Å²) in [6, 6.07) is 0. The SMILES string of the molecule is CC1(C)C(=O)C(=O)C(=O)C1(C)C. The maximum absolute atomic E-state index is 11.3. The second-order valence-corrected chi connectivity index (χ2v) is 4.24. The van der Waals surface area contributed by atoms with Crippen LogP contribution in [0.25, 0.3) is 0 Å². The van der Waals surface area contributed by atoms with E-state index in [1.807, 2.05) is 0 Å². The fraction of sp³-hybridized carbons (Fsp3) is 0.667. The number of carbonyl (C=O) groups excluding carboxylic acids is 3. The zero-order valence-corrected chi connectivity index (χ0v) is 7.72. The van der Waals surface area contributed by atoms with Crippen molar-refractivity contribution in [1.82, 2.24) is 0 Å². The lowest BCUT2D eigenvalue weighted by molar-refractivity contribution is -0.141. The van der Waals surface area contributed by atoms with Crippen molar-refractivity contribution in [3.05, 3.63) is 0 Å². The van der Waals surface area contributed by atoms with Crippen molar-refractivity contribution in [2.75, 3.05) is 0 Å². The molecule has 0 radical (unpaired) electrons. The Bertz CT molecular complexity index is 256. The summed E-state index contributed by atoms with van der Waals surface area (Å²) < 4.78 is 0. The van der Waals surface area contributed by atoms with Crippen LogP contribution in [0.1, 0.15) is 27.7 Å². The summed E-state index contributed by atoms with van der Waals surface area (Å²) in [5.41, 5.74) is -1.69. The van der Waals surface area contributed by atoms with Crippen LogP contribution in [-0.2, 0) is 14.4 Å². The van der Waals surface area contributed by atoms with E-state index in [1.54, 1.807) is 27.7 Å². The molecule has 0 aliphatic heterocycles. The molecule has 12 heavy (non-hydrogen) atoms. The average molecular weight is 168 g/mol. The molecular formula is C9H12O3. The molecule has 1 aliphatic carbocycles. The van der Waals surface area contributed by atoms with Gasteiger partial charge in [0.05, 0.1) is 0 Å². The maximum Gasteiger partial charge on any atom is 0.265 e. The van der Waals surface area contributed by atoms with Crippen molar-refractivity contribution in [3.63, 3.8) is 0 Å². The van der Waals surface area contributed by atoms with Gasteiger partial charge in [0.2, 0.25) is 11.6 Å². The molecule has 1 aliphatic rings. The number of hydrogen-bond donors (Lipinski definition) is 0. The fourth-order valence-electron chi connectivity index (χ4n) is 1.24. The molecule has 0 heterocycles. The molecular weight excluding hydrogens is 156 g/mol. The van der Waals surface area contributed by atoms with E-state index in [2.05, 4.69) is 0 Å². The van der Waals surface area contributed by atoms with Gasteiger partial charge in [-0.3, -0.25) is 14.4 Å². The number of ketones is 3. The van der Waals surface area contributed by atoms with E-state index in [-0.39, 0.29) is 0 Å². The van der Waals surface area contributed by atoms with Crippen LogP contribution in [0.3, 0.4) is 0 Å². The van der Waals surface area contributed by atoms with Crippen LogP contribution in [0.2, 0.25) is 0 Å². The Hall–Kier alpha value is -0.990. The first-order valence-corrected chi connectivity index (χ1v) is 3.86. The Morgan fingerprint density at radius 1 is 0.750 bits per heavy atom. The summed E-state index contributed by atoms with van der Waals surface area (Å²) in [5.74, 6) is -1.96. The van der Waals surface area contributed by atoms with Gasteiger partial charge in [0.25, 0.3) is 5.78 Å². The van der Waals surface area contributed by atoms with E-state index < -0.39 is 28.2 Å². The summed E-state index contributed by atoms with van der Waals surface area (Å²) in [6.45, 7) is 6.55. The summed E-state index contributed by atoms with van der Waals surface area (Å²) in [6.07, 6.45) is 0. The van der Waals surface area contributed by atoms with Gasteiger partial charge in [-0.15, -0.1) is 0 Å². The third-order valence-electron chi connectivity index (χ3n) is 3.11. The molecule has 0 aromatic heterocycles. The van der Waals surface area contributed by atoms with Crippen LogP contribution in [0.4, 0.5) is 0 Å². The first-order valence-electron chi connectivity index (χ1n) is 3.86. The van der Waals surface area contributed by atoms with Gasteiger partial charge in [0.1, 0.15) is 0 Å². The monoisotopic (exact) mass is 168 g/mol. The lowest BCUT2D eigenvalue weighted by atomic mass is 9.70. The van der Waals surface area contributed by atoms with Crippen LogP contribution < -0.4 is 0 Å². The van der Waals surface area contributed by atoms with Gasteiger partial charge in [0.15, 0.2) is 0 Å². The van der Waals surface area contributed by atoms with Crippen LogP contribution in [-0.4, -0.2) is 17.3 Å². The van der Waals surface area contributed by atoms with E-state index in [9.17, 15) is 14.4 Å². The van der Waals surface area contributed by atoms with Crippen molar-refractivity contribution in [2.24, 2.45) is 10.8 Å². The highest BCUT2D eigenvalue weighted by molar-refractivity contribution is 6.69.